The summed E-state index contributed by atoms with van der Waals surface area (Å²) in [5.41, 5.74) is 3.09. The Kier molecular flexibility index (Phi) is 2.32. The number of carbonyl (C=O) groups excluding carboxylic acids is 1. The highest BCUT2D eigenvalue weighted by Crippen LogP contribution is 2.34. The molecule has 4 nitrogen and oxygen atoms in total. The molecule has 0 unspecified atom stereocenters. The van der Waals surface area contributed by atoms with Gasteiger partial charge in [0, 0.05) is 18.7 Å². The maximum Gasteiger partial charge on any atom is 0.170 e. The predicted molar refractivity (Wildman–Crippen MR) is 60.3 cm³/mol. The Morgan fingerprint density at radius 2 is 2.06 bits per heavy atom. The first kappa shape index (κ1) is 10.0. The van der Waals surface area contributed by atoms with Crippen LogP contribution in [-0.2, 0) is 13.1 Å². The Labute approximate surface area is 95.2 Å². The quantitative estimate of drug-likeness (QED) is 0.711. The van der Waals surface area contributed by atoms with Crippen LogP contribution in [0, 0.1) is 0 Å². The first-order valence-electron chi connectivity index (χ1n) is 6.03. The van der Waals surface area contributed by atoms with Gasteiger partial charge in [-0.3, -0.25) is 14.4 Å². The summed E-state index contributed by atoms with van der Waals surface area (Å²) in [6.45, 7) is 1.81. The standard InChI is InChI=1S/C12H17N3O/c1-14-6-10-11(8-16)13-15(12(10)7-14)9-4-2-3-5-9/h8-9H,2-7H2,1H3. The predicted octanol–water partition coefficient (Wildman–Crippen LogP) is 1.76. The van der Waals surface area contributed by atoms with Crippen molar-refractivity contribution in [1.82, 2.24) is 14.7 Å². The summed E-state index contributed by atoms with van der Waals surface area (Å²) in [4.78, 5) is 13.2. The van der Waals surface area contributed by atoms with Crippen molar-refractivity contribution < 1.29 is 4.79 Å². The first-order valence-corrected chi connectivity index (χ1v) is 6.03. The Morgan fingerprint density at radius 1 is 1.31 bits per heavy atom. The normalized spacial score (nSPS) is 21.6. The van der Waals surface area contributed by atoms with Crippen molar-refractivity contribution in [2.75, 3.05) is 7.05 Å². The van der Waals surface area contributed by atoms with Crippen LogP contribution in [0.2, 0.25) is 0 Å². The lowest BCUT2D eigenvalue weighted by molar-refractivity contribution is 0.111. The largest absolute Gasteiger partial charge is 0.296 e. The van der Waals surface area contributed by atoms with E-state index < -0.39 is 0 Å². The summed E-state index contributed by atoms with van der Waals surface area (Å²) in [6, 6.07) is 0.536. The minimum absolute atomic E-state index is 0.536. The van der Waals surface area contributed by atoms with Gasteiger partial charge >= 0.3 is 0 Å². The molecule has 1 saturated carbocycles. The Bertz CT molecular complexity index is 418. The Balaban J connectivity index is 2.02. The molecule has 1 aromatic heterocycles. The van der Waals surface area contributed by atoms with Crippen molar-refractivity contribution in [1.29, 1.82) is 0 Å². The molecule has 2 aliphatic rings. The van der Waals surface area contributed by atoms with Gasteiger partial charge in [-0.05, 0) is 19.9 Å². The van der Waals surface area contributed by atoms with Crippen molar-refractivity contribution >= 4 is 6.29 Å². The summed E-state index contributed by atoms with van der Waals surface area (Å²) in [6.07, 6.45) is 5.94. The van der Waals surface area contributed by atoms with Gasteiger partial charge in [0.1, 0.15) is 5.69 Å². The van der Waals surface area contributed by atoms with Crippen molar-refractivity contribution in [2.45, 2.75) is 44.8 Å². The first-order chi connectivity index (χ1) is 7.79. The second-order valence-electron chi connectivity index (χ2n) is 4.98. The zero-order valence-electron chi connectivity index (χ0n) is 9.65. The van der Waals surface area contributed by atoms with E-state index in [1.165, 1.54) is 31.4 Å². The third-order valence-corrected chi connectivity index (χ3v) is 3.78. The number of aldehydes is 1. The molecule has 0 radical (unpaired) electrons. The molecule has 2 heterocycles. The molecule has 4 heteroatoms. The fourth-order valence-corrected chi connectivity index (χ4v) is 2.99. The van der Waals surface area contributed by atoms with Gasteiger partial charge < -0.3 is 0 Å². The molecule has 0 amide bonds. The Morgan fingerprint density at radius 3 is 2.75 bits per heavy atom. The average Bonchev–Trinajstić information content (AvgIpc) is 2.92. The summed E-state index contributed by atoms with van der Waals surface area (Å²) in [7, 11) is 2.09. The van der Waals surface area contributed by atoms with Crippen molar-refractivity contribution in [3.05, 3.63) is 17.0 Å². The molecule has 0 spiro atoms. The zero-order chi connectivity index (χ0) is 11.1. The van der Waals surface area contributed by atoms with Crippen LogP contribution >= 0.6 is 0 Å². The summed E-state index contributed by atoms with van der Waals surface area (Å²) in [5, 5.41) is 4.49. The van der Waals surface area contributed by atoms with E-state index in [1.54, 1.807) is 0 Å². The SMILES string of the molecule is CN1Cc2c(C=O)nn(C3CCCC3)c2C1. The van der Waals surface area contributed by atoms with Crippen molar-refractivity contribution in [2.24, 2.45) is 0 Å². The van der Waals surface area contributed by atoms with Crippen LogP contribution in [0.25, 0.3) is 0 Å². The highest BCUT2D eigenvalue weighted by molar-refractivity contribution is 5.75. The number of carbonyl (C=O) groups is 1. The number of hydrogen-bond acceptors (Lipinski definition) is 3. The second-order valence-corrected chi connectivity index (χ2v) is 4.98. The van der Waals surface area contributed by atoms with E-state index in [4.69, 9.17) is 0 Å². The number of rotatable bonds is 2. The molecular formula is C12H17N3O. The molecule has 0 N–H and O–H groups in total. The summed E-state index contributed by atoms with van der Waals surface area (Å²) < 4.78 is 2.13. The van der Waals surface area contributed by atoms with Gasteiger partial charge in [0.15, 0.2) is 6.29 Å². The van der Waals surface area contributed by atoms with Gasteiger partial charge in [-0.2, -0.15) is 5.10 Å². The van der Waals surface area contributed by atoms with Crippen LogP contribution < -0.4 is 0 Å². The monoisotopic (exact) mass is 219 g/mol. The van der Waals surface area contributed by atoms with Gasteiger partial charge in [-0.1, -0.05) is 12.8 Å². The maximum absolute atomic E-state index is 11.0. The van der Waals surface area contributed by atoms with Gasteiger partial charge in [-0.15, -0.1) is 0 Å². The molecular weight excluding hydrogens is 202 g/mol. The molecule has 86 valence electrons. The molecule has 0 bridgehead atoms. The second kappa shape index (κ2) is 3.70. The Hall–Kier alpha value is -1.16. The van der Waals surface area contributed by atoms with E-state index in [-0.39, 0.29) is 0 Å². The average molecular weight is 219 g/mol. The molecule has 3 rings (SSSR count). The molecule has 0 atom stereocenters. The molecule has 16 heavy (non-hydrogen) atoms. The number of aromatic nitrogens is 2. The molecule has 1 aliphatic heterocycles. The van der Waals surface area contributed by atoms with E-state index in [9.17, 15) is 4.79 Å². The van der Waals surface area contributed by atoms with Crippen LogP contribution in [0.15, 0.2) is 0 Å². The highest BCUT2D eigenvalue weighted by Gasteiger charge is 2.29. The molecule has 1 aliphatic carbocycles. The van der Waals surface area contributed by atoms with Gasteiger partial charge in [0.05, 0.1) is 11.7 Å². The van der Waals surface area contributed by atoms with E-state index >= 15 is 0 Å². The lowest BCUT2D eigenvalue weighted by Crippen LogP contribution is -2.15. The minimum Gasteiger partial charge on any atom is -0.296 e. The van der Waals surface area contributed by atoms with Crippen molar-refractivity contribution in [3.63, 3.8) is 0 Å². The summed E-state index contributed by atoms with van der Waals surface area (Å²) >= 11 is 0. The van der Waals surface area contributed by atoms with Gasteiger partial charge in [0.2, 0.25) is 0 Å². The topological polar surface area (TPSA) is 38.1 Å². The molecule has 0 saturated heterocycles. The maximum atomic E-state index is 11.0. The fourth-order valence-electron chi connectivity index (χ4n) is 2.99. The summed E-state index contributed by atoms with van der Waals surface area (Å²) in [5.74, 6) is 0. The van der Waals surface area contributed by atoms with Crippen LogP contribution in [0.1, 0.15) is 53.5 Å². The van der Waals surface area contributed by atoms with Crippen LogP contribution in [0.5, 0.6) is 0 Å². The smallest absolute Gasteiger partial charge is 0.170 e. The van der Waals surface area contributed by atoms with Gasteiger partial charge in [0.25, 0.3) is 0 Å². The van der Waals surface area contributed by atoms with E-state index in [0.29, 0.717) is 11.7 Å². The lowest BCUT2D eigenvalue weighted by Gasteiger charge is -2.14. The highest BCUT2D eigenvalue weighted by atomic mass is 16.1. The third kappa shape index (κ3) is 1.40. The molecule has 1 fully saturated rings. The molecule has 1 aromatic rings. The lowest BCUT2D eigenvalue weighted by atomic mass is 10.2. The minimum atomic E-state index is 0.536. The zero-order valence-corrected chi connectivity index (χ0v) is 9.65. The van der Waals surface area contributed by atoms with E-state index in [2.05, 4.69) is 21.7 Å². The third-order valence-electron chi connectivity index (χ3n) is 3.78. The number of hydrogen-bond donors (Lipinski definition) is 0. The van der Waals surface area contributed by atoms with Crippen LogP contribution in [0.3, 0.4) is 0 Å². The van der Waals surface area contributed by atoms with Gasteiger partial charge in [-0.25, -0.2) is 0 Å². The van der Waals surface area contributed by atoms with Crippen LogP contribution in [0.4, 0.5) is 0 Å². The van der Waals surface area contributed by atoms with Crippen molar-refractivity contribution in [3.8, 4) is 0 Å². The fraction of sp³-hybridized carbons (Fsp3) is 0.667. The molecule has 0 aromatic carbocycles. The van der Waals surface area contributed by atoms with Crippen LogP contribution in [-0.4, -0.2) is 28.0 Å². The number of fused-ring (bicyclic) bond motifs is 1. The van der Waals surface area contributed by atoms with E-state index in [1.807, 2.05) is 0 Å². The number of nitrogens with zero attached hydrogens (tertiary/aromatic N) is 3. The van der Waals surface area contributed by atoms with E-state index in [0.717, 1.165) is 24.9 Å².